The second-order valence-corrected chi connectivity index (χ2v) is 4.56. The van der Waals surface area contributed by atoms with Crippen molar-refractivity contribution < 1.29 is 31.5 Å². The van der Waals surface area contributed by atoms with E-state index in [4.69, 9.17) is 16.3 Å². The lowest BCUT2D eigenvalue weighted by molar-refractivity contribution is 0.102. The first-order chi connectivity index (χ1) is 10.3. The van der Waals surface area contributed by atoms with Crippen LogP contribution in [0.15, 0.2) is 18.2 Å². The van der Waals surface area contributed by atoms with Gasteiger partial charge in [-0.15, -0.1) is 0 Å². The van der Waals surface area contributed by atoms with Gasteiger partial charge in [0.25, 0.3) is 0 Å². The summed E-state index contributed by atoms with van der Waals surface area (Å²) in [6.07, 6.45) is 0. The smallest absolute Gasteiger partial charge is 0.202 e. The van der Waals surface area contributed by atoms with Crippen LogP contribution in [0.3, 0.4) is 0 Å². The molecule has 0 aliphatic carbocycles. The molecule has 8 heteroatoms. The van der Waals surface area contributed by atoms with Crippen LogP contribution in [0, 0.1) is 29.1 Å². The number of halogens is 6. The fourth-order valence-corrected chi connectivity index (χ4v) is 1.97. The van der Waals surface area contributed by atoms with E-state index in [1.54, 1.807) is 0 Å². The number of rotatable bonds is 3. The Morgan fingerprint density at radius 1 is 0.955 bits per heavy atom. The molecule has 2 aromatic rings. The molecule has 0 aromatic heterocycles. The molecular weight excluding hydrogens is 331 g/mol. The summed E-state index contributed by atoms with van der Waals surface area (Å²) in [5.41, 5.74) is -2.00. The fourth-order valence-electron chi connectivity index (χ4n) is 1.80. The topological polar surface area (TPSA) is 26.3 Å². The molecule has 0 aliphatic heterocycles. The van der Waals surface area contributed by atoms with Crippen LogP contribution in [0.2, 0.25) is 5.02 Å². The Morgan fingerprint density at radius 3 is 1.95 bits per heavy atom. The van der Waals surface area contributed by atoms with E-state index in [0.717, 1.165) is 6.07 Å². The van der Waals surface area contributed by atoms with Crippen LogP contribution in [0.4, 0.5) is 22.0 Å². The van der Waals surface area contributed by atoms with Crippen molar-refractivity contribution in [3.05, 3.63) is 63.4 Å². The van der Waals surface area contributed by atoms with Gasteiger partial charge >= 0.3 is 0 Å². The standard InChI is InChI=1S/C14H6ClF5O2/c1-22-7-3-2-5(15)4-6(7)14(21)8-9(16)11(18)13(20)12(19)10(8)17/h2-4H,1H3. The van der Waals surface area contributed by atoms with Gasteiger partial charge < -0.3 is 4.74 Å². The van der Waals surface area contributed by atoms with Gasteiger partial charge in [-0.2, -0.15) is 0 Å². The second-order valence-electron chi connectivity index (χ2n) is 4.12. The van der Waals surface area contributed by atoms with Gasteiger partial charge in [-0.1, -0.05) is 11.6 Å². The van der Waals surface area contributed by atoms with Crippen molar-refractivity contribution in [1.82, 2.24) is 0 Å². The normalized spacial score (nSPS) is 10.7. The average molecular weight is 337 g/mol. The minimum atomic E-state index is -2.34. The van der Waals surface area contributed by atoms with Crippen LogP contribution in [0.25, 0.3) is 0 Å². The Hall–Kier alpha value is -2.15. The SMILES string of the molecule is COc1ccc(Cl)cc1C(=O)c1c(F)c(F)c(F)c(F)c1F. The first-order valence-electron chi connectivity index (χ1n) is 5.69. The maximum Gasteiger partial charge on any atom is 0.202 e. The Balaban J connectivity index is 2.73. The first-order valence-corrected chi connectivity index (χ1v) is 6.07. The lowest BCUT2D eigenvalue weighted by Crippen LogP contribution is -2.14. The molecule has 0 heterocycles. The minimum absolute atomic E-state index is 0.0213. The van der Waals surface area contributed by atoms with Crippen LogP contribution < -0.4 is 4.74 Å². The van der Waals surface area contributed by atoms with E-state index in [9.17, 15) is 26.7 Å². The van der Waals surface area contributed by atoms with Crippen LogP contribution >= 0.6 is 11.6 Å². The molecule has 0 amide bonds. The Bertz CT molecular complexity index is 747. The summed E-state index contributed by atoms with van der Waals surface area (Å²) in [5.74, 6) is -12.8. The molecule has 0 saturated heterocycles. The Kier molecular flexibility index (Phi) is 4.37. The zero-order valence-corrected chi connectivity index (χ0v) is 11.6. The predicted octanol–water partition coefficient (Wildman–Crippen LogP) is 4.28. The van der Waals surface area contributed by atoms with E-state index in [1.807, 2.05) is 0 Å². The van der Waals surface area contributed by atoms with Crippen molar-refractivity contribution in [1.29, 1.82) is 0 Å². The highest BCUT2D eigenvalue weighted by Crippen LogP contribution is 2.29. The van der Waals surface area contributed by atoms with Crippen LogP contribution in [0.5, 0.6) is 5.75 Å². The van der Waals surface area contributed by atoms with Gasteiger partial charge in [-0.3, -0.25) is 4.79 Å². The number of carbonyl (C=O) groups is 1. The fraction of sp³-hybridized carbons (Fsp3) is 0.0714. The zero-order valence-electron chi connectivity index (χ0n) is 10.8. The van der Waals surface area contributed by atoms with Gasteiger partial charge in [0.1, 0.15) is 11.3 Å². The third-order valence-corrected chi connectivity index (χ3v) is 3.08. The van der Waals surface area contributed by atoms with Crippen molar-refractivity contribution in [2.24, 2.45) is 0 Å². The van der Waals surface area contributed by atoms with Crippen molar-refractivity contribution in [2.45, 2.75) is 0 Å². The molecule has 0 spiro atoms. The van der Waals surface area contributed by atoms with Crippen molar-refractivity contribution in [3.8, 4) is 5.75 Å². The maximum atomic E-state index is 13.7. The quantitative estimate of drug-likeness (QED) is 0.362. The number of hydrogen-bond acceptors (Lipinski definition) is 2. The van der Waals surface area contributed by atoms with E-state index >= 15 is 0 Å². The highest BCUT2D eigenvalue weighted by molar-refractivity contribution is 6.31. The summed E-state index contributed by atoms with van der Waals surface area (Å²) < 4.78 is 71.5. The number of carbonyl (C=O) groups excluding carboxylic acids is 1. The highest BCUT2D eigenvalue weighted by Gasteiger charge is 2.31. The Labute approximate surface area is 126 Å². The largest absolute Gasteiger partial charge is 0.496 e. The number of benzene rings is 2. The molecule has 22 heavy (non-hydrogen) atoms. The molecule has 0 aliphatic rings. The predicted molar refractivity (Wildman–Crippen MR) is 67.7 cm³/mol. The Morgan fingerprint density at radius 2 is 1.45 bits per heavy atom. The van der Waals surface area contributed by atoms with Gasteiger partial charge in [0, 0.05) is 5.02 Å². The summed E-state index contributed by atoms with van der Waals surface area (Å²) in [6.45, 7) is 0. The summed E-state index contributed by atoms with van der Waals surface area (Å²) in [4.78, 5) is 12.2. The molecule has 0 atom stereocenters. The number of methoxy groups -OCH3 is 1. The van der Waals surface area contributed by atoms with E-state index in [-0.39, 0.29) is 10.8 Å². The van der Waals surface area contributed by atoms with Gasteiger partial charge in [0.2, 0.25) is 11.6 Å². The number of ketones is 1. The highest BCUT2D eigenvalue weighted by atomic mass is 35.5. The molecule has 2 nitrogen and oxygen atoms in total. The molecule has 116 valence electrons. The lowest BCUT2D eigenvalue weighted by atomic mass is 10.0. The van der Waals surface area contributed by atoms with Gasteiger partial charge in [-0.05, 0) is 18.2 Å². The summed E-state index contributed by atoms with van der Waals surface area (Å²) in [7, 11) is 1.17. The van der Waals surface area contributed by atoms with E-state index in [2.05, 4.69) is 0 Å². The first kappa shape index (κ1) is 16.2. The third kappa shape index (κ3) is 2.52. The second kappa shape index (κ2) is 5.92. The molecule has 0 N–H and O–H groups in total. The van der Waals surface area contributed by atoms with Gasteiger partial charge in [0.15, 0.2) is 23.3 Å². The van der Waals surface area contributed by atoms with E-state index in [1.165, 1.54) is 19.2 Å². The molecule has 0 radical (unpaired) electrons. The van der Waals surface area contributed by atoms with E-state index < -0.39 is 46.0 Å². The average Bonchev–Trinajstić information content (AvgIpc) is 2.51. The summed E-state index contributed by atoms with van der Waals surface area (Å²) >= 11 is 5.67. The molecule has 2 rings (SSSR count). The minimum Gasteiger partial charge on any atom is -0.496 e. The van der Waals surface area contributed by atoms with Gasteiger partial charge in [-0.25, -0.2) is 22.0 Å². The molecule has 0 bridgehead atoms. The van der Waals surface area contributed by atoms with Crippen LogP contribution in [-0.4, -0.2) is 12.9 Å². The van der Waals surface area contributed by atoms with Gasteiger partial charge in [0.05, 0.1) is 12.7 Å². The molecule has 2 aromatic carbocycles. The van der Waals surface area contributed by atoms with Crippen molar-refractivity contribution in [2.75, 3.05) is 7.11 Å². The third-order valence-electron chi connectivity index (χ3n) is 2.84. The molecule has 0 fully saturated rings. The molecule has 0 saturated carbocycles. The molecular formula is C14H6ClF5O2. The maximum absolute atomic E-state index is 13.7. The van der Waals surface area contributed by atoms with Crippen molar-refractivity contribution >= 4 is 17.4 Å². The zero-order chi connectivity index (χ0) is 16.6. The number of ether oxygens (including phenoxy) is 1. The monoisotopic (exact) mass is 336 g/mol. The summed E-state index contributed by atoms with van der Waals surface area (Å²) in [5, 5.41) is 0.0213. The molecule has 0 unspecified atom stereocenters. The number of hydrogen-bond donors (Lipinski definition) is 0. The van der Waals surface area contributed by atoms with Crippen molar-refractivity contribution in [3.63, 3.8) is 0 Å². The summed E-state index contributed by atoms with van der Waals surface area (Å²) in [6, 6.07) is 3.55. The lowest BCUT2D eigenvalue weighted by Gasteiger charge is -2.10. The van der Waals surface area contributed by atoms with Crippen LogP contribution in [0.1, 0.15) is 15.9 Å². The van der Waals surface area contributed by atoms with E-state index in [0.29, 0.717) is 0 Å². The van der Waals surface area contributed by atoms with Crippen LogP contribution in [-0.2, 0) is 0 Å².